The smallest absolute Gasteiger partial charge is 0.164 e. The van der Waals surface area contributed by atoms with Crippen molar-refractivity contribution in [3.63, 3.8) is 0 Å². The van der Waals surface area contributed by atoms with Crippen LogP contribution < -0.4 is 0 Å². The van der Waals surface area contributed by atoms with Crippen molar-refractivity contribution in [2.24, 2.45) is 0 Å². The highest BCUT2D eigenvalue weighted by atomic mass is 15.0. The van der Waals surface area contributed by atoms with Crippen LogP contribution >= 0.6 is 0 Å². The molecule has 2 heterocycles. The molecule has 12 rings (SSSR count). The predicted octanol–water partition coefficient (Wildman–Crippen LogP) is 14.2. The number of rotatable bonds is 5. The summed E-state index contributed by atoms with van der Waals surface area (Å²) >= 11 is 0. The summed E-state index contributed by atoms with van der Waals surface area (Å²) in [5.74, 6) is 2.16. The molecule has 1 atom stereocenters. The van der Waals surface area contributed by atoms with Gasteiger partial charge in [0.25, 0.3) is 0 Å². The van der Waals surface area contributed by atoms with Crippen LogP contribution in [0.1, 0.15) is 18.2 Å². The second kappa shape index (κ2) is 13.5. The van der Waals surface area contributed by atoms with E-state index in [0.29, 0.717) is 11.6 Å². The summed E-state index contributed by atoms with van der Waals surface area (Å²) in [6.45, 7) is 0. The third kappa shape index (κ3) is 5.49. The Kier molecular flexibility index (Phi) is 7.63. The van der Waals surface area contributed by atoms with Crippen molar-refractivity contribution in [2.75, 3.05) is 0 Å². The summed E-state index contributed by atoms with van der Waals surface area (Å²) in [4.78, 5) is 15.9. The van der Waals surface area contributed by atoms with Gasteiger partial charge in [0.1, 0.15) is 5.82 Å². The van der Waals surface area contributed by atoms with Crippen molar-refractivity contribution in [1.82, 2.24) is 19.5 Å². The minimum Gasteiger partial charge on any atom is -0.307 e. The quantitative estimate of drug-likeness (QED) is 0.176. The maximum absolute atomic E-state index is 5.36. The molecule has 0 saturated carbocycles. The number of fused-ring (bicyclic) bond motifs is 8. The van der Waals surface area contributed by atoms with Gasteiger partial charge in [0.2, 0.25) is 0 Å². The van der Waals surface area contributed by atoms with Gasteiger partial charge < -0.3 is 4.57 Å². The predicted molar refractivity (Wildman–Crippen MR) is 246 cm³/mol. The molecule has 0 amide bonds. The van der Waals surface area contributed by atoms with Gasteiger partial charge in [0.15, 0.2) is 11.6 Å². The third-order valence-corrected chi connectivity index (χ3v) is 12.1. The molecule has 0 fully saturated rings. The molecule has 4 heteroatoms. The third-order valence-electron chi connectivity index (χ3n) is 12.1. The lowest BCUT2D eigenvalue weighted by molar-refractivity contribution is 0.764. The second-order valence-electron chi connectivity index (χ2n) is 15.5. The molecule has 0 spiro atoms. The molecule has 9 aromatic carbocycles. The number of hydrogen-bond acceptors (Lipinski definition) is 3. The summed E-state index contributed by atoms with van der Waals surface area (Å²) in [6, 6.07) is 63.6. The second-order valence-corrected chi connectivity index (χ2v) is 15.5. The zero-order valence-corrected chi connectivity index (χ0v) is 32.1. The SMILES string of the molecule is C1=CCC(c2nc(-c3ccc4ccccc4c3)nc(-c3cc(-c4ccccc4)c(-n4c5cc6ccccc6cc5c5ccc6ccccc6c54)c4ccccc34)n2)C=C1. The van der Waals surface area contributed by atoms with Gasteiger partial charge in [-0.2, -0.15) is 0 Å². The fourth-order valence-electron chi connectivity index (χ4n) is 9.23. The Labute approximate surface area is 341 Å². The Morgan fingerprint density at radius 1 is 0.424 bits per heavy atom. The van der Waals surface area contributed by atoms with Crippen molar-refractivity contribution in [3.05, 3.63) is 206 Å². The first kappa shape index (κ1) is 33.4. The van der Waals surface area contributed by atoms with E-state index in [9.17, 15) is 0 Å². The summed E-state index contributed by atoms with van der Waals surface area (Å²) in [5.41, 5.74) is 7.66. The van der Waals surface area contributed by atoms with E-state index in [1.165, 1.54) is 48.7 Å². The van der Waals surface area contributed by atoms with E-state index in [1.807, 2.05) is 0 Å². The van der Waals surface area contributed by atoms with Crippen LogP contribution in [0, 0.1) is 0 Å². The number of allylic oxidation sites excluding steroid dienone is 4. The van der Waals surface area contributed by atoms with E-state index in [4.69, 9.17) is 15.0 Å². The van der Waals surface area contributed by atoms with Crippen molar-refractivity contribution in [1.29, 1.82) is 0 Å². The minimum absolute atomic E-state index is 0.0424. The maximum Gasteiger partial charge on any atom is 0.164 e. The zero-order chi connectivity index (χ0) is 38.9. The van der Waals surface area contributed by atoms with E-state index in [1.54, 1.807) is 0 Å². The number of hydrogen-bond donors (Lipinski definition) is 0. The van der Waals surface area contributed by atoms with E-state index in [0.717, 1.165) is 56.3 Å². The van der Waals surface area contributed by atoms with Crippen molar-refractivity contribution in [2.45, 2.75) is 12.3 Å². The van der Waals surface area contributed by atoms with Crippen molar-refractivity contribution in [3.8, 4) is 39.6 Å². The summed E-state index contributed by atoms with van der Waals surface area (Å²) in [7, 11) is 0. The Hall–Kier alpha value is -7.69. The fraction of sp³-hybridized carbons (Fsp3) is 0.0364. The molecule has 1 aliphatic rings. The zero-order valence-electron chi connectivity index (χ0n) is 32.1. The van der Waals surface area contributed by atoms with Gasteiger partial charge >= 0.3 is 0 Å². The maximum atomic E-state index is 5.36. The number of nitrogens with zero attached hydrogens (tertiary/aromatic N) is 4. The number of aromatic nitrogens is 4. The van der Waals surface area contributed by atoms with Crippen molar-refractivity contribution >= 4 is 64.9 Å². The highest BCUT2D eigenvalue weighted by molar-refractivity contribution is 6.22. The largest absolute Gasteiger partial charge is 0.307 e. The molecule has 2 aromatic heterocycles. The van der Waals surface area contributed by atoms with Crippen LogP contribution in [0.5, 0.6) is 0 Å². The van der Waals surface area contributed by atoms with E-state index >= 15 is 0 Å². The van der Waals surface area contributed by atoms with Crippen LogP contribution in [0.15, 0.2) is 200 Å². The highest BCUT2D eigenvalue weighted by Gasteiger charge is 2.25. The van der Waals surface area contributed by atoms with Crippen molar-refractivity contribution < 1.29 is 0 Å². The van der Waals surface area contributed by atoms with Crippen LogP contribution in [0.3, 0.4) is 0 Å². The molecular weight excluding hydrogens is 717 g/mol. The summed E-state index contributed by atoms with van der Waals surface area (Å²) in [6.07, 6.45) is 9.43. The van der Waals surface area contributed by atoms with Gasteiger partial charge in [-0.05, 0) is 68.6 Å². The number of benzene rings is 9. The molecule has 0 radical (unpaired) electrons. The lowest BCUT2D eigenvalue weighted by atomic mass is 9.93. The highest BCUT2D eigenvalue weighted by Crippen LogP contribution is 2.45. The first-order valence-corrected chi connectivity index (χ1v) is 20.3. The van der Waals surface area contributed by atoms with Gasteiger partial charge in [0, 0.05) is 44.2 Å². The fourth-order valence-corrected chi connectivity index (χ4v) is 9.23. The normalized spacial score (nSPS) is 14.1. The van der Waals surface area contributed by atoms with Crippen LogP contribution in [0.25, 0.3) is 104 Å². The minimum atomic E-state index is 0.0424. The lowest BCUT2D eigenvalue weighted by Gasteiger charge is -2.21. The standard InChI is InChI=1S/C55H36N4/c1-3-16-36(17-4-1)47-34-49(55-57-53(38-19-5-2-6-20-38)56-54(58-55)42-28-27-35-15-7-8-21-39(35)31-42)44-25-13-14-26-45(44)52(47)59-50-33-41-23-10-9-22-40(41)32-48(50)46-30-29-37-18-11-12-24-43(37)51(46)59/h1-19,21-34,38H,20H2. The molecule has 0 bridgehead atoms. The topological polar surface area (TPSA) is 43.6 Å². The van der Waals surface area contributed by atoms with Crippen LogP contribution in [0.2, 0.25) is 0 Å². The van der Waals surface area contributed by atoms with E-state index < -0.39 is 0 Å². The summed E-state index contributed by atoms with van der Waals surface area (Å²) < 4.78 is 2.53. The van der Waals surface area contributed by atoms with Crippen LogP contribution in [-0.4, -0.2) is 19.5 Å². The van der Waals surface area contributed by atoms with E-state index in [2.05, 4.69) is 205 Å². The Morgan fingerprint density at radius 2 is 1.08 bits per heavy atom. The van der Waals surface area contributed by atoms with E-state index in [-0.39, 0.29) is 5.92 Å². The average molecular weight is 753 g/mol. The molecule has 11 aromatic rings. The molecule has 59 heavy (non-hydrogen) atoms. The molecule has 0 N–H and O–H groups in total. The Bertz CT molecular complexity index is 3540. The molecular formula is C55H36N4. The van der Waals surface area contributed by atoms with Gasteiger partial charge in [-0.25, -0.2) is 15.0 Å². The molecule has 1 aliphatic carbocycles. The lowest BCUT2D eigenvalue weighted by Crippen LogP contribution is -2.08. The monoisotopic (exact) mass is 752 g/mol. The van der Waals surface area contributed by atoms with Gasteiger partial charge in [0.05, 0.1) is 16.7 Å². The van der Waals surface area contributed by atoms with Gasteiger partial charge in [-0.1, -0.05) is 176 Å². The first-order chi connectivity index (χ1) is 29.2. The Morgan fingerprint density at radius 3 is 1.88 bits per heavy atom. The van der Waals surface area contributed by atoms with Crippen LogP contribution in [-0.2, 0) is 0 Å². The molecule has 0 aliphatic heterocycles. The first-order valence-electron chi connectivity index (χ1n) is 20.3. The Balaban J connectivity index is 1.20. The molecule has 4 nitrogen and oxygen atoms in total. The molecule has 1 unspecified atom stereocenters. The average Bonchev–Trinajstić information content (AvgIpc) is 3.63. The molecule has 276 valence electrons. The van der Waals surface area contributed by atoms with Gasteiger partial charge in [-0.3, -0.25) is 0 Å². The van der Waals surface area contributed by atoms with Gasteiger partial charge in [-0.15, -0.1) is 0 Å². The van der Waals surface area contributed by atoms with Crippen LogP contribution in [0.4, 0.5) is 0 Å². The summed E-state index contributed by atoms with van der Waals surface area (Å²) in [5, 5.41) is 11.9. The molecule has 0 saturated heterocycles.